The Kier molecular flexibility index (Phi) is 4.81. The van der Waals surface area contributed by atoms with Gasteiger partial charge in [-0.3, -0.25) is 4.79 Å². The average molecular weight is 302 g/mol. The fourth-order valence-corrected chi connectivity index (χ4v) is 1.94. The molecule has 0 unspecified atom stereocenters. The standard InChI is InChI=1S/C16H12ClNO3/c1-20-16-7-11(9-18)5-6-15(16)21-10-14(19)12-3-2-4-13(17)8-12/h2-8H,10H2,1H3. The van der Waals surface area contributed by atoms with E-state index in [-0.39, 0.29) is 12.4 Å². The highest BCUT2D eigenvalue weighted by atomic mass is 35.5. The number of ether oxygens (including phenoxy) is 2. The molecule has 0 bridgehead atoms. The molecule has 21 heavy (non-hydrogen) atoms. The molecule has 0 spiro atoms. The van der Waals surface area contributed by atoms with Crippen LogP contribution in [0.2, 0.25) is 5.02 Å². The van der Waals surface area contributed by atoms with Gasteiger partial charge in [0.25, 0.3) is 0 Å². The van der Waals surface area contributed by atoms with E-state index in [0.717, 1.165) is 0 Å². The first-order valence-electron chi connectivity index (χ1n) is 6.13. The molecule has 2 aromatic carbocycles. The zero-order valence-corrected chi connectivity index (χ0v) is 12.1. The minimum absolute atomic E-state index is 0.136. The van der Waals surface area contributed by atoms with E-state index < -0.39 is 0 Å². The molecule has 0 aliphatic heterocycles. The molecule has 0 saturated carbocycles. The van der Waals surface area contributed by atoms with Crippen LogP contribution >= 0.6 is 11.6 Å². The second-order valence-corrected chi connectivity index (χ2v) is 4.64. The van der Waals surface area contributed by atoms with Gasteiger partial charge < -0.3 is 9.47 Å². The Balaban J connectivity index is 2.10. The third kappa shape index (κ3) is 3.74. The third-order valence-electron chi connectivity index (χ3n) is 2.80. The van der Waals surface area contributed by atoms with Gasteiger partial charge in [-0.25, -0.2) is 0 Å². The number of hydrogen-bond donors (Lipinski definition) is 0. The van der Waals surface area contributed by atoms with E-state index in [0.29, 0.717) is 27.6 Å². The molecule has 0 saturated heterocycles. The SMILES string of the molecule is COc1cc(C#N)ccc1OCC(=O)c1cccc(Cl)c1. The molecule has 0 N–H and O–H groups in total. The number of nitriles is 1. The van der Waals surface area contributed by atoms with E-state index in [1.807, 2.05) is 6.07 Å². The van der Waals surface area contributed by atoms with Crippen molar-refractivity contribution in [2.24, 2.45) is 0 Å². The van der Waals surface area contributed by atoms with Crippen LogP contribution < -0.4 is 9.47 Å². The van der Waals surface area contributed by atoms with Gasteiger partial charge in [0.05, 0.1) is 18.7 Å². The summed E-state index contributed by atoms with van der Waals surface area (Å²) in [5.74, 6) is 0.628. The highest BCUT2D eigenvalue weighted by Gasteiger charge is 2.10. The Labute approximate surface area is 127 Å². The van der Waals surface area contributed by atoms with E-state index in [9.17, 15) is 4.79 Å². The first-order valence-corrected chi connectivity index (χ1v) is 6.51. The maximum atomic E-state index is 12.0. The summed E-state index contributed by atoms with van der Waals surface area (Å²) in [6, 6.07) is 13.4. The maximum absolute atomic E-state index is 12.0. The van der Waals surface area contributed by atoms with E-state index in [1.54, 1.807) is 42.5 Å². The van der Waals surface area contributed by atoms with Crippen molar-refractivity contribution in [1.29, 1.82) is 5.26 Å². The quantitative estimate of drug-likeness (QED) is 0.793. The minimum atomic E-state index is -0.191. The second-order valence-electron chi connectivity index (χ2n) is 4.20. The highest BCUT2D eigenvalue weighted by molar-refractivity contribution is 6.31. The van der Waals surface area contributed by atoms with E-state index >= 15 is 0 Å². The summed E-state index contributed by atoms with van der Waals surface area (Å²) < 4.78 is 10.6. The monoisotopic (exact) mass is 301 g/mol. The number of hydrogen-bond acceptors (Lipinski definition) is 4. The van der Waals surface area contributed by atoms with Gasteiger partial charge in [0.1, 0.15) is 0 Å². The van der Waals surface area contributed by atoms with Crippen LogP contribution in [-0.4, -0.2) is 19.5 Å². The predicted octanol–water partition coefficient (Wildman–Crippen LogP) is 3.48. The number of benzene rings is 2. The fourth-order valence-electron chi connectivity index (χ4n) is 1.74. The molecular weight excluding hydrogens is 290 g/mol. The molecule has 0 aromatic heterocycles. The molecule has 2 aromatic rings. The Bertz CT molecular complexity index is 707. The normalized spacial score (nSPS) is 9.76. The summed E-state index contributed by atoms with van der Waals surface area (Å²) in [5.41, 5.74) is 0.940. The number of methoxy groups -OCH3 is 1. The van der Waals surface area contributed by atoms with Crippen molar-refractivity contribution in [3.05, 3.63) is 58.6 Å². The smallest absolute Gasteiger partial charge is 0.200 e. The Morgan fingerprint density at radius 1 is 1.24 bits per heavy atom. The Hall–Kier alpha value is -2.51. The van der Waals surface area contributed by atoms with Crippen LogP contribution in [0.5, 0.6) is 11.5 Å². The van der Waals surface area contributed by atoms with Crippen LogP contribution in [0.3, 0.4) is 0 Å². The lowest BCUT2D eigenvalue weighted by Gasteiger charge is -2.10. The lowest BCUT2D eigenvalue weighted by molar-refractivity contribution is 0.0919. The molecule has 2 rings (SSSR count). The summed E-state index contributed by atoms with van der Waals surface area (Å²) in [6.45, 7) is -0.136. The zero-order valence-electron chi connectivity index (χ0n) is 11.3. The van der Waals surface area contributed by atoms with Crippen LogP contribution in [-0.2, 0) is 0 Å². The molecule has 0 radical (unpaired) electrons. The van der Waals surface area contributed by atoms with Gasteiger partial charge in [0.15, 0.2) is 23.9 Å². The molecule has 0 fully saturated rings. The van der Waals surface area contributed by atoms with Crippen molar-refractivity contribution in [1.82, 2.24) is 0 Å². The van der Waals surface area contributed by atoms with Gasteiger partial charge in [-0.1, -0.05) is 23.7 Å². The van der Waals surface area contributed by atoms with Gasteiger partial charge in [-0.15, -0.1) is 0 Å². The number of rotatable bonds is 5. The Morgan fingerprint density at radius 2 is 2.05 bits per heavy atom. The first-order chi connectivity index (χ1) is 10.1. The van der Waals surface area contributed by atoms with Gasteiger partial charge in [-0.05, 0) is 24.3 Å². The predicted molar refractivity (Wildman–Crippen MR) is 79.0 cm³/mol. The summed E-state index contributed by atoms with van der Waals surface area (Å²) in [4.78, 5) is 12.0. The first kappa shape index (κ1) is 14.9. The van der Waals surface area contributed by atoms with Crippen LogP contribution in [0, 0.1) is 11.3 Å². The van der Waals surface area contributed by atoms with Crippen LogP contribution in [0.25, 0.3) is 0 Å². The summed E-state index contributed by atoms with van der Waals surface area (Å²) in [5, 5.41) is 9.33. The number of halogens is 1. The molecule has 4 nitrogen and oxygen atoms in total. The Morgan fingerprint density at radius 3 is 2.71 bits per heavy atom. The topological polar surface area (TPSA) is 59.3 Å². The molecule has 0 amide bonds. The second kappa shape index (κ2) is 6.78. The molecule has 0 atom stereocenters. The number of carbonyl (C=O) groups excluding carboxylic acids is 1. The highest BCUT2D eigenvalue weighted by Crippen LogP contribution is 2.28. The third-order valence-corrected chi connectivity index (χ3v) is 3.03. The molecule has 0 aliphatic rings. The van der Waals surface area contributed by atoms with Gasteiger partial charge in [-0.2, -0.15) is 5.26 Å². The molecule has 106 valence electrons. The largest absolute Gasteiger partial charge is 0.493 e. The summed E-state index contributed by atoms with van der Waals surface area (Å²) in [6.07, 6.45) is 0. The fraction of sp³-hybridized carbons (Fsp3) is 0.125. The molecule has 0 heterocycles. The van der Waals surface area contributed by atoms with E-state index in [4.69, 9.17) is 26.3 Å². The van der Waals surface area contributed by atoms with E-state index in [2.05, 4.69) is 0 Å². The maximum Gasteiger partial charge on any atom is 0.200 e. The summed E-state index contributed by atoms with van der Waals surface area (Å²) in [7, 11) is 1.47. The van der Waals surface area contributed by atoms with Crippen LogP contribution in [0.15, 0.2) is 42.5 Å². The van der Waals surface area contributed by atoms with E-state index in [1.165, 1.54) is 7.11 Å². The average Bonchev–Trinajstić information content (AvgIpc) is 2.52. The van der Waals surface area contributed by atoms with Crippen molar-refractivity contribution >= 4 is 17.4 Å². The number of Topliss-reactive ketones (excluding diaryl/α,β-unsaturated/α-hetero) is 1. The van der Waals surface area contributed by atoms with Gasteiger partial charge in [0, 0.05) is 16.7 Å². The lowest BCUT2D eigenvalue weighted by Crippen LogP contribution is -2.12. The van der Waals surface area contributed by atoms with Crippen molar-refractivity contribution in [3.8, 4) is 17.6 Å². The number of nitrogens with zero attached hydrogens (tertiary/aromatic N) is 1. The van der Waals surface area contributed by atoms with Crippen molar-refractivity contribution in [3.63, 3.8) is 0 Å². The molecular formula is C16H12ClNO3. The van der Waals surface area contributed by atoms with Crippen LogP contribution in [0.1, 0.15) is 15.9 Å². The molecule has 5 heteroatoms. The van der Waals surface area contributed by atoms with Crippen molar-refractivity contribution in [2.75, 3.05) is 13.7 Å². The van der Waals surface area contributed by atoms with Crippen molar-refractivity contribution in [2.45, 2.75) is 0 Å². The van der Waals surface area contributed by atoms with Crippen LogP contribution in [0.4, 0.5) is 0 Å². The lowest BCUT2D eigenvalue weighted by atomic mass is 10.1. The summed E-state index contributed by atoms with van der Waals surface area (Å²) >= 11 is 5.84. The van der Waals surface area contributed by atoms with Crippen molar-refractivity contribution < 1.29 is 14.3 Å². The minimum Gasteiger partial charge on any atom is -0.493 e. The zero-order chi connectivity index (χ0) is 15.2. The number of ketones is 1. The van der Waals surface area contributed by atoms with Gasteiger partial charge in [0.2, 0.25) is 0 Å². The number of carbonyl (C=O) groups is 1. The van der Waals surface area contributed by atoms with Gasteiger partial charge >= 0.3 is 0 Å². The molecule has 0 aliphatic carbocycles.